The number of hydrogen-bond acceptors (Lipinski definition) is 10. The summed E-state index contributed by atoms with van der Waals surface area (Å²) < 4.78 is 49.0. The van der Waals surface area contributed by atoms with E-state index in [-0.39, 0.29) is 72.6 Å². The minimum Gasteiger partial charge on any atom is -0.504 e. The number of halogens is 3. The molecule has 0 spiro atoms. The third-order valence-corrected chi connectivity index (χ3v) is 8.66. The summed E-state index contributed by atoms with van der Waals surface area (Å²) in [7, 11) is 0. The first kappa shape index (κ1) is 33.6. The zero-order chi connectivity index (χ0) is 35.0. The maximum Gasteiger partial charge on any atom is 0.299 e. The van der Waals surface area contributed by atoms with E-state index in [4.69, 9.17) is 4.74 Å². The van der Waals surface area contributed by atoms with Crippen LogP contribution in [-0.2, 0) is 22.5 Å². The molecule has 2 amide bonds. The van der Waals surface area contributed by atoms with Crippen molar-refractivity contribution in [1.82, 2.24) is 34.0 Å². The average Bonchev–Trinajstić information content (AvgIpc) is 3.55. The molecule has 2 N–H and O–H groups in total. The van der Waals surface area contributed by atoms with Gasteiger partial charge in [-0.25, -0.2) is 23.1 Å². The van der Waals surface area contributed by atoms with Gasteiger partial charge in [0.15, 0.2) is 17.3 Å². The molecule has 1 saturated heterocycles. The van der Waals surface area contributed by atoms with E-state index in [1.807, 2.05) is 17.9 Å². The molecule has 0 aliphatic carbocycles. The average molecular weight is 682 g/mol. The van der Waals surface area contributed by atoms with E-state index in [1.165, 1.54) is 18.2 Å². The first-order valence-electron chi connectivity index (χ1n) is 15.7. The lowest BCUT2D eigenvalue weighted by molar-refractivity contribution is -0.116. The van der Waals surface area contributed by atoms with Crippen molar-refractivity contribution in [3.05, 3.63) is 74.7 Å². The number of hydrogen-bond donors (Lipinski definition) is 2. The van der Waals surface area contributed by atoms with Gasteiger partial charge in [0.1, 0.15) is 24.4 Å². The summed E-state index contributed by atoms with van der Waals surface area (Å²) in [5.74, 6) is -2.09. The van der Waals surface area contributed by atoms with E-state index in [0.717, 1.165) is 22.2 Å². The number of carbonyl (C=O) groups is 2. The summed E-state index contributed by atoms with van der Waals surface area (Å²) in [4.78, 5) is 56.7. The van der Waals surface area contributed by atoms with Crippen LogP contribution in [-0.4, -0.2) is 90.3 Å². The second-order valence-corrected chi connectivity index (χ2v) is 11.7. The number of rotatable bonds is 8. The standard InChI is InChI=1S/C32H34F3N9O5/c1-4-23-26(41-7-9-42(10-8-41)30(47)25-27(46)18(3)36-16-37-25)31(48)44-32(39-29(40-44)19-5-11-49-12-6-19)43(23)15-24(45)38-22-14-21(33)20(28(34)35)13-17(22)2/h5,13-14,16,28,46H,4,6-12,15H2,1-3H3,(H,38,45). The summed E-state index contributed by atoms with van der Waals surface area (Å²) >= 11 is 0. The number of amides is 2. The first-order valence-corrected chi connectivity index (χ1v) is 15.7. The number of carbonyl (C=O) groups excluding carboxylic acids is 2. The van der Waals surface area contributed by atoms with Gasteiger partial charge >= 0.3 is 0 Å². The molecule has 1 aromatic carbocycles. The van der Waals surface area contributed by atoms with Crippen molar-refractivity contribution >= 4 is 34.5 Å². The van der Waals surface area contributed by atoms with E-state index >= 15 is 0 Å². The van der Waals surface area contributed by atoms with Crippen LogP contribution in [0.1, 0.15) is 58.6 Å². The zero-order valence-corrected chi connectivity index (χ0v) is 27.0. The number of piperazine rings is 1. The number of aromatic hydroxyl groups is 1. The molecule has 6 rings (SSSR count). The SMILES string of the molecule is CCc1c(N2CCN(C(=O)c3ncnc(C)c3O)CC2)c(=O)n2nc(C3=CCOCC3)nc2n1CC(=O)Nc1cc(F)c(C(F)F)cc1C. The monoisotopic (exact) mass is 681 g/mol. The van der Waals surface area contributed by atoms with E-state index in [2.05, 4.69) is 25.4 Å². The Morgan fingerprint density at radius 3 is 2.55 bits per heavy atom. The third-order valence-electron chi connectivity index (χ3n) is 8.66. The molecule has 49 heavy (non-hydrogen) atoms. The largest absolute Gasteiger partial charge is 0.504 e. The van der Waals surface area contributed by atoms with Gasteiger partial charge in [0, 0.05) is 31.9 Å². The second-order valence-electron chi connectivity index (χ2n) is 11.7. The van der Waals surface area contributed by atoms with Gasteiger partial charge in [-0.15, -0.1) is 5.10 Å². The van der Waals surface area contributed by atoms with Crippen molar-refractivity contribution in [3.63, 3.8) is 0 Å². The van der Waals surface area contributed by atoms with Gasteiger partial charge in [-0.3, -0.25) is 14.4 Å². The van der Waals surface area contributed by atoms with Crippen molar-refractivity contribution in [2.24, 2.45) is 0 Å². The Hall–Kier alpha value is -5.32. The number of anilines is 2. The zero-order valence-electron chi connectivity index (χ0n) is 27.0. The van der Waals surface area contributed by atoms with Gasteiger partial charge in [0.25, 0.3) is 17.9 Å². The number of nitrogens with zero attached hydrogens (tertiary/aromatic N) is 8. The molecule has 258 valence electrons. The molecular formula is C32H34F3N9O5. The molecule has 0 unspecified atom stereocenters. The highest BCUT2D eigenvalue weighted by atomic mass is 19.3. The Bertz CT molecular complexity index is 2040. The number of alkyl halides is 2. The molecule has 14 nitrogen and oxygen atoms in total. The normalized spacial score (nSPS) is 15.2. The van der Waals surface area contributed by atoms with Crippen LogP contribution in [0, 0.1) is 19.7 Å². The minimum atomic E-state index is -3.01. The van der Waals surface area contributed by atoms with E-state index in [1.54, 1.807) is 11.5 Å². The van der Waals surface area contributed by atoms with Gasteiger partial charge in [0.2, 0.25) is 11.7 Å². The van der Waals surface area contributed by atoms with Crippen LogP contribution in [0.4, 0.5) is 24.5 Å². The van der Waals surface area contributed by atoms with Gasteiger partial charge in [-0.2, -0.15) is 9.50 Å². The van der Waals surface area contributed by atoms with Gasteiger partial charge in [-0.05, 0) is 50.0 Å². The predicted octanol–water partition coefficient (Wildman–Crippen LogP) is 3.05. The number of aryl methyl sites for hydroxylation is 2. The van der Waals surface area contributed by atoms with E-state index in [0.29, 0.717) is 37.6 Å². The molecule has 5 heterocycles. The van der Waals surface area contributed by atoms with Crippen molar-refractivity contribution in [1.29, 1.82) is 0 Å². The maximum absolute atomic E-state index is 14.4. The quantitative estimate of drug-likeness (QED) is 0.283. The lowest BCUT2D eigenvalue weighted by Gasteiger charge is -2.36. The highest BCUT2D eigenvalue weighted by Crippen LogP contribution is 2.29. The van der Waals surface area contributed by atoms with Crippen molar-refractivity contribution in [2.45, 2.75) is 46.6 Å². The van der Waals surface area contributed by atoms with Crippen LogP contribution in [0.15, 0.2) is 29.3 Å². The molecule has 4 aromatic rings. The fourth-order valence-electron chi connectivity index (χ4n) is 6.04. The fourth-order valence-corrected chi connectivity index (χ4v) is 6.04. The highest BCUT2D eigenvalue weighted by molar-refractivity contribution is 5.95. The lowest BCUT2D eigenvalue weighted by Crippen LogP contribution is -2.51. The molecule has 0 bridgehead atoms. The molecule has 2 aliphatic rings. The number of benzene rings is 1. The van der Waals surface area contributed by atoms with E-state index in [9.17, 15) is 32.7 Å². The second kappa shape index (κ2) is 13.7. The molecular weight excluding hydrogens is 647 g/mol. The molecule has 0 radical (unpaired) electrons. The van der Waals surface area contributed by atoms with Crippen molar-refractivity contribution in [3.8, 4) is 5.75 Å². The van der Waals surface area contributed by atoms with Gasteiger partial charge < -0.3 is 29.5 Å². The fraction of sp³-hybridized carbons (Fsp3) is 0.406. The molecule has 3 aromatic heterocycles. The first-order chi connectivity index (χ1) is 23.5. The van der Waals surface area contributed by atoms with Crippen LogP contribution in [0.25, 0.3) is 11.4 Å². The summed E-state index contributed by atoms with van der Waals surface area (Å²) in [6.45, 7) is 6.23. The number of fused-ring (bicyclic) bond motifs is 1. The van der Waals surface area contributed by atoms with Gasteiger partial charge in [0.05, 0.1) is 30.2 Å². The van der Waals surface area contributed by atoms with Crippen LogP contribution in [0.5, 0.6) is 5.75 Å². The molecule has 0 saturated carbocycles. The maximum atomic E-state index is 14.4. The van der Waals surface area contributed by atoms with Crippen LogP contribution in [0.2, 0.25) is 0 Å². The summed E-state index contributed by atoms with van der Waals surface area (Å²) in [6, 6.07) is 1.85. The highest BCUT2D eigenvalue weighted by Gasteiger charge is 2.31. The van der Waals surface area contributed by atoms with Crippen molar-refractivity contribution in [2.75, 3.05) is 49.6 Å². The van der Waals surface area contributed by atoms with Crippen LogP contribution in [0.3, 0.4) is 0 Å². The lowest BCUT2D eigenvalue weighted by atomic mass is 10.1. The number of ether oxygens (including phenoxy) is 1. The molecule has 0 atom stereocenters. The Labute approximate surface area is 277 Å². The van der Waals surface area contributed by atoms with E-state index < -0.39 is 35.2 Å². The number of aromatic nitrogens is 6. The Morgan fingerprint density at radius 2 is 1.88 bits per heavy atom. The summed E-state index contributed by atoms with van der Waals surface area (Å²) in [5.41, 5.74) is 0.759. The third kappa shape index (κ3) is 6.45. The molecule has 17 heteroatoms. The molecule has 1 fully saturated rings. The number of nitrogens with one attached hydrogen (secondary N) is 1. The minimum absolute atomic E-state index is 0.0301. The smallest absolute Gasteiger partial charge is 0.299 e. The van der Waals surface area contributed by atoms with Gasteiger partial charge in [-0.1, -0.05) is 13.0 Å². The Kier molecular flexibility index (Phi) is 9.36. The van der Waals surface area contributed by atoms with Crippen LogP contribution < -0.4 is 15.8 Å². The van der Waals surface area contributed by atoms with Crippen LogP contribution >= 0.6 is 0 Å². The molecule has 2 aliphatic heterocycles. The Morgan fingerprint density at radius 1 is 1.12 bits per heavy atom. The topological polar surface area (TPSA) is 160 Å². The summed E-state index contributed by atoms with van der Waals surface area (Å²) in [5, 5.41) is 17.5. The predicted molar refractivity (Wildman–Crippen MR) is 171 cm³/mol. The summed E-state index contributed by atoms with van der Waals surface area (Å²) in [6.07, 6.45) is 0.848. The van der Waals surface area contributed by atoms with Crippen molar-refractivity contribution < 1.29 is 32.6 Å². The Balaban J connectivity index is 1.36.